The predicted molar refractivity (Wildman–Crippen MR) is 200 cm³/mol. The van der Waals surface area contributed by atoms with Crippen LogP contribution in [0.15, 0.2) is 69.6 Å². The van der Waals surface area contributed by atoms with Gasteiger partial charge in [-0.2, -0.15) is 4.99 Å². The van der Waals surface area contributed by atoms with Crippen LogP contribution in [0.2, 0.25) is 0 Å². The summed E-state index contributed by atoms with van der Waals surface area (Å²) >= 11 is 0. The average molecular weight is 780 g/mol. The highest BCUT2D eigenvalue weighted by atomic mass is 16.7. The van der Waals surface area contributed by atoms with E-state index in [1.807, 2.05) is 24.3 Å². The number of fused-ring (bicyclic) bond motifs is 7. The highest BCUT2D eigenvalue weighted by Gasteiger charge is 2.55. The number of quaternary nitrogens is 1. The molecule has 3 aromatic rings. The van der Waals surface area contributed by atoms with Crippen molar-refractivity contribution in [3.63, 3.8) is 0 Å². The highest BCUT2D eigenvalue weighted by molar-refractivity contribution is 6.66. The number of carbonyl (C=O) groups excluding carboxylic acids is 2. The molecule has 16 nitrogen and oxygen atoms in total. The first-order chi connectivity index (χ1) is 27.6. The highest BCUT2D eigenvalue weighted by Crippen LogP contribution is 2.50. The molecule has 1 unspecified atom stereocenters. The maximum absolute atomic E-state index is 14.4. The molecular weight excluding hydrogens is 738 g/mol. The molecule has 2 bridgehead atoms. The molecule has 296 valence electrons. The van der Waals surface area contributed by atoms with E-state index in [2.05, 4.69) is 15.0 Å². The summed E-state index contributed by atoms with van der Waals surface area (Å²) < 4.78 is 26.1. The van der Waals surface area contributed by atoms with Gasteiger partial charge in [0.25, 0.3) is 5.84 Å². The Morgan fingerprint density at radius 3 is 2.42 bits per heavy atom. The Morgan fingerprint density at radius 1 is 0.912 bits per heavy atom. The van der Waals surface area contributed by atoms with Crippen molar-refractivity contribution in [1.82, 2.24) is 0 Å². The maximum atomic E-state index is 14.4. The van der Waals surface area contributed by atoms with Crippen molar-refractivity contribution in [3.8, 4) is 11.5 Å². The van der Waals surface area contributed by atoms with E-state index < -0.39 is 72.3 Å². The van der Waals surface area contributed by atoms with E-state index in [1.165, 1.54) is 0 Å². The lowest BCUT2D eigenvalue weighted by molar-refractivity contribution is -0.723. The molecule has 9 rings (SSSR count). The fourth-order valence-electron chi connectivity index (χ4n) is 9.21. The van der Waals surface area contributed by atoms with E-state index >= 15 is 0 Å². The second kappa shape index (κ2) is 14.6. The summed E-state index contributed by atoms with van der Waals surface area (Å²) in [5.74, 6) is -2.79. The van der Waals surface area contributed by atoms with Gasteiger partial charge in [-0.05, 0) is 31.4 Å². The molecule has 7 atom stereocenters. The number of carbonyl (C=O) groups is 2. The predicted octanol–water partition coefficient (Wildman–Crippen LogP) is 0.309. The van der Waals surface area contributed by atoms with Gasteiger partial charge in [0.05, 0.1) is 17.8 Å². The van der Waals surface area contributed by atoms with Crippen LogP contribution in [0, 0.1) is 5.41 Å². The van der Waals surface area contributed by atoms with E-state index in [0.29, 0.717) is 34.6 Å². The second-order valence-electron chi connectivity index (χ2n) is 15.1. The van der Waals surface area contributed by atoms with E-state index in [4.69, 9.17) is 24.4 Å². The molecule has 4 heterocycles. The first kappa shape index (κ1) is 37.4. The molecule has 1 spiro atoms. The molecular formula is C41H41N5O11. The third-order valence-corrected chi connectivity index (χ3v) is 11.9. The number of hydrogen-bond donors (Lipinski definition) is 6. The third kappa shape index (κ3) is 6.10. The lowest BCUT2D eigenvalue weighted by Gasteiger charge is -2.50. The van der Waals surface area contributed by atoms with Crippen molar-refractivity contribution < 1.29 is 59.0 Å². The van der Waals surface area contributed by atoms with Crippen LogP contribution in [0.25, 0.3) is 0 Å². The number of guanidine groups is 1. The monoisotopic (exact) mass is 779 g/mol. The zero-order valence-electron chi connectivity index (χ0n) is 30.7. The second-order valence-corrected chi connectivity index (χ2v) is 15.1. The molecule has 3 aromatic carbocycles. The number of ether oxygens (including phenoxy) is 4. The van der Waals surface area contributed by atoms with Crippen molar-refractivity contribution in [3.05, 3.63) is 88.0 Å². The lowest BCUT2D eigenvalue weighted by Crippen LogP contribution is -3.09. The fourth-order valence-corrected chi connectivity index (χ4v) is 9.21. The van der Waals surface area contributed by atoms with Crippen LogP contribution in [-0.4, -0.2) is 118 Å². The molecule has 57 heavy (non-hydrogen) atoms. The minimum atomic E-state index is -1.77. The molecule has 2 aliphatic carbocycles. The Kier molecular flexibility index (Phi) is 9.59. The number of nitrogens with zero attached hydrogens (tertiary/aromatic N) is 3. The van der Waals surface area contributed by atoms with Crippen LogP contribution in [0.5, 0.6) is 11.5 Å². The molecule has 4 aliphatic heterocycles. The zero-order valence-corrected chi connectivity index (χ0v) is 30.7. The van der Waals surface area contributed by atoms with Crippen LogP contribution in [0.4, 0.5) is 5.69 Å². The Bertz CT molecular complexity index is 2270. The van der Waals surface area contributed by atoms with Crippen LogP contribution < -0.4 is 19.5 Å². The van der Waals surface area contributed by atoms with Crippen LogP contribution >= 0.6 is 0 Å². The summed E-state index contributed by atoms with van der Waals surface area (Å²) in [5, 5.41) is 65.2. The van der Waals surface area contributed by atoms with Gasteiger partial charge in [0, 0.05) is 46.2 Å². The normalized spacial score (nSPS) is 29.1. The van der Waals surface area contributed by atoms with Gasteiger partial charge in [-0.3, -0.25) is 15.0 Å². The standard InChI is InChI=1S/C41H41N5O11/c42-40-44-37-28(38(53)45-40)43-19-46(37)26-11-5-4-8-21(26)20-12-16-55-41(13-6-1-7-14-41)36-32(51)31(50)33(52)39(57-36)56-34-24(20)18-25-27(35(34)54-17-15-47)30(49)23-10-3-2-9-22(23)29(25)48/h2-5,8-11,18,20,31-33,36,39,47,50-52H,1,6-7,12-17,19H2,(H2,42,45,53)/t20-,31+,32+,33-,36-,39-/m0/s1. The number of aliphatic hydroxyl groups is 4. The van der Waals surface area contributed by atoms with Gasteiger partial charge in [-0.15, -0.1) is 0 Å². The molecule has 1 saturated carbocycles. The number of amidine groups is 1. The molecule has 6 aliphatic rings. The Morgan fingerprint density at radius 2 is 1.65 bits per heavy atom. The summed E-state index contributed by atoms with van der Waals surface area (Å²) in [6, 6.07) is 15.4. The van der Waals surface area contributed by atoms with Crippen molar-refractivity contribution in [1.29, 1.82) is 5.41 Å². The number of hydrogen-bond acceptors (Lipinski definition) is 13. The van der Waals surface area contributed by atoms with E-state index in [-0.39, 0.29) is 71.6 Å². The first-order valence-electron chi connectivity index (χ1n) is 19.2. The van der Waals surface area contributed by atoms with E-state index in [1.54, 1.807) is 30.3 Å². The van der Waals surface area contributed by atoms with Crippen LogP contribution in [-0.2, 0) is 9.47 Å². The molecule has 2 fully saturated rings. The maximum Gasteiger partial charge on any atom is 0.262 e. The lowest BCUT2D eigenvalue weighted by atomic mass is 9.76. The van der Waals surface area contributed by atoms with Crippen molar-refractivity contribution >= 4 is 40.7 Å². The minimum Gasteiger partial charge on any atom is -0.857 e. The summed E-state index contributed by atoms with van der Waals surface area (Å²) in [7, 11) is 0. The molecule has 16 heteroatoms. The van der Waals surface area contributed by atoms with Gasteiger partial charge < -0.3 is 44.5 Å². The first-order valence-corrected chi connectivity index (χ1v) is 19.2. The van der Waals surface area contributed by atoms with Crippen LogP contribution in [0.3, 0.4) is 0 Å². The molecule has 0 radical (unpaired) electrons. The SMILES string of the molecule is N=C1N=C([O-])C2=NC[NH+](c3ccccc3[C@@H]3CCOC4(CCCCC4)[C@H]4O[C@H](Oc5c3cc3c(c5OCCO)C(=O)c5ccccc5C3=O)[C@@H](O)[C@H](O)[C@H]4O)C2=N1. The van der Waals surface area contributed by atoms with Crippen molar-refractivity contribution in [2.75, 3.05) is 26.5 Å². The minimum absolute atomic E-state index is 0.0332. The van der Waals surface area contributed by atoms with E-state index in [0.717, 1.165) is 19.3 Å². The summed E-state index contributed by atoms with van der Waals surface area (Å²) in [5.41, 5.74) is 0.925. The van der Waals surface area contributed by atoms with E-state index in [9.17, 15) is 35.1 Å². The van der Waals surface area contributed by atoms with Gasteiger partial charge in [0.2, 0.25) is 12.2 Å². The van der Waals surface area contributed by atoms with Crippen LogP contribution in [0.1, 0.15) is 87.4 Å². The summed E-state index contributed by atoms with van der Waals surface area (Å²) in [6.45, 7) is -0.594. The zero-order chi connectivity index (χ0) is 39.6. The average Bonchev–Trinajstić information content (AvgIpc) is 3.64. The quantitative estimate of drug-likeness (QED) is 0.161. The smallest absolute Gasteiger partial charge is 0.262 e. The fraction of sp³-hybridized carbons (Fsp3) is 0.415. The summed E-state index contributed by atoms with van der Waals surface area (Å²) in [6.07, 6.45) is -4.03. The summed E-state index contributed by atoms with van der Waals surface area (Å²) in [4.78, 5) is 41.8. The number of nitrogens with one attached hydrogen (secondary N) is 2. The van der Waals surface area contributed by atoms with Gasteiger partial charge >= 0.3 is 0 Å². The molecule has 1 saturated heterocycles. The van der Waals surface area contributed by atoms with Gasteiger partial charge in [0.1, 0.15) is 36.7 Å². The number of benzene rings is 3. The number of aliphatic hydroxyl groups excluding tert-OH is 4. The number of para-hydroxylation sites is 1. The molecule has 0 aromatic heterocycles. The van der Waals surface area contributed by atoms with Crippen molar-refractivity contribution in [2.24, 2.45) is 15.0 Å². The largest absolute Gasteiger partial charge is 0.857 e. The Labute approximate surface area is 326 Å². The Hall–Kier alpha value is -5.20. The Balaban J connectivity index is 1.28. The topological polar surface area (TPSA) is 240 Å². The van der Waals surface area contributed by atoms with Gasteiger partial charge in [0.15, 0.2) is 35.4 Å². The number of rotatable bonds is 5. The molecule has 0 amide bonds. The van der Waals surface area contributed by atoms with Gasteiger partial charge in [-0.25, -0.2) is 14.9 Å². The van der Waals surface area contributed by atoms with Gasteiger partial charge in [-0.1, -0.05) is 61.7 Å². The van der Waals surface area contributed by atoms with Crippen molar-refractivity contribution in [2.45, 2.75) is 80.7 Å². The number of aliphatic imine (C=N–C) groups is 3. The number of ketones is 2. The molecule has 6 N–H and O–H groups in total. The third-order valence-electron chi connectivity index (χ3n) is 11.9.